The van der Waals surface area contributed by atoms with E-state index in [-0.39, 0.29) is 0 Å². The molecule has 1 atom stereocenters. The quantitative estimate of drug-likeness (QED) is 0.311. The van der Waals surface area contributed by atoms with Gasteiger partial charge in [0, 0.05) is 0 Å². The standard InChI is InChI=1S/C29H48O/c1-3-5-22-30-29-20-17-26(18-21-29)23-28(27-10-7-6-8-11-27)19-16-25-14-12-24(9-4-2)13-15-25/h17-18,20-21,24-25,27-28H,3-16,19,22-23H2,1-2H3. The van der Waals surface area contributed by atoms with Crippen molar-refractivity contribution in [2.75, 3.05) is 6.61 Å². The highest BCUT2D eigenvalue weighted by atomic mass is 16.5. The van der Waals surface area contributed by atoms with Crippen molar-refractivity contribution in [2.24, 2.45) is 23.7 Å². The molecule has 0 heterocycles. The summed E-state index contributed by atoms with van der Waals surface area (Å²) in [4.78, 5) is 0. The molecule has 1 heteroatoms. The van der Waals surface area contributed by atoms with Gasteiger partial charge in [0.1, 0.15) is 5.75 Å². The van der Waals surface area contributed by atoms with Crippen molar-refractivity contribution in [3.8, 4) is 5.75 Å². The van der Waals surface area contributed by atoms with E-state index in [0.717, 1.165) is 42.4 Å². The van der Waals surface area contributed by atoms with Crippen molar-refractivity contribution in [1.82, 2.24) is 0 Å². The molecule has 2 aliphatic rings. The predicted molar refractivity (Wildman–Crippen MR) is 130 cm³/mol. The van der Waals surface area contributed by atoms with Crippen LogP contribution >= 0.6 is 0 Å². The van der Waals surface area contributed by atoms with Crippen LogP contribution in [0.3, 0.4) is 0 Å². The molecule has 0 amide bonds. The number of ether oxygens (including phenoxy) is 1. The molecule has 1 aromatic rings. The van der Waals surface area contributed by atoms with Crippen LogP contribution < -0.4 is 4.74 Å². The topological polar surface area (TPSA) is 9.23 Å². The molecule has 0 aliphatic heterocycles. The molecule has 0 bridgehead atoms. The van der Waals surface area contributed by atoms with Gasteiger partial charge in [-0.15, -0.1) is 0 Å². The summed E-state index contributed by atoms with van der Waals surface area (Å²) < 4.78 is 5.88. The van der Waals surface area contributed by atoms with E-state index in [4.69, 9.17) is 4.74 Å². The van der Waals surface area contributed by atoms with E-state index in [0.29, 0.717) is 0 Å². The molecule has 0 aromatic heterocycles. The van der Waals surface area contributed by atoms with Gasteiger partial charge < -0.3 is 4.74 Å². The second-order valence-corrected chi connectivity index (χ2v) is 10.5. The lowest BCUT2D eigenvalue weighted by Crippen LogP contribution is -2.22. The van der Waals surface area contributed by atoms with Crippen LogP contribution in [0.25, 0.3) is 0 Å². The van der Waals surface area contributed by atoms with Crippen molar-refractivity contribution < 1.29 is 4.74 Å². The molecule has 2 saturated carbocycles. The van der Waals surface area contributed by atoms with Crippen molar-refractivity contribution in [3.05, 3.63) is 29.8 Å². The van der Waals surface area contributed by atoms with E-state index >= 15 is 0 Å². The summed E-state index contributed by atoms with van der Waals surface area (Å²) in [7, 11) is 0. The third-order valence-corrected chi connectivity index (χ3v) is 8.11. The third kappa shape index (κ3) is 7.93. The van der Waals surface area contributed by atoms with Crippen LogP contribution in [0, 0.1) is 23.7 Å². The fraction of sp³-hybridized carbons (Fsp3) is 0.793. The summed E-state index contributed by atoms with van der Waals surface area (Å²) in [5.41, 5.74) is 1.53. The van der Waals surface area contributed by atoms with Gasteiger partial charge in [-0.25, -0.2) is 0 Å². The van der Waals surface area contributed by atoms with Crippen molar-refractivity contribution in [1.29, 1.82) is 0 Å². The fourth-order valence-corrected chi connectivity index (χ4v) is 6.14. The van der Waals surface area contributed by atoms with Crippen LogP contribution in [-0.2, 0) is 6.42 Å². The molecule has 1 unspecified atom stereocenters. The minimum Gasteiger partial charge on any atom is -0.494 e. The molecule has 0 spiro atoms. The molecule has 1 nitrogen and oxygen atoms in total. The molecular formula is C29H48O. The zero-order valence-electron chi connectivity index (χ0n) is 20.0. The monoisotopic (exact) mass is 412 g/mol. The zero-order valence-corrected chi connectivity index (χ0v) is 20.0. The SMILES string of the molecule is CCCCOc1ccc(CC(CCC2CCC(CCC)CC2)C2CCCCC2)cc1. The van der Waals surface area contributed by atoms with E-state index in [2.05, 4.69) is 38.1 Å². The summed E-state index contributed by atoms with van der Waals surface area (Å²) in [6, 6.07) is 9.09. The number of unbranched alkanes of at least 4 members (excludes halogenated alkanes) is 1. The van der Waals surface area contributed by atoms with E-state index in [9.17, 15) is 0 Å². The lowest BCUT2D eigenvalue weighted by Gasteiger charge is -2.33. The fourth-order valence-electron chi connectivity index (χ4n) is 6.14. The first-order valence-electron chi connectivity index (χ1n) is 13.5. The number of hydrogen-bond donors (Lipinski definition) is 0. The molecule has 3 rings (SSSR count). The predicted octanol–water partition coefficient (Wildman–Crippen LogP) is 8.99. The van der Waals surface area contributed by atoms with Gasteiger partial charge >= 0.3 is 0 Å². The summed E-state index contributed by atoms with van der Waals surface area (Å²) in [6.45, 7) is 5.42. The lowest BCUT2D eigenvalue weighted by atomic mass is 9.72. The first-order valence-corrected chi connectivity index (χ1v) is 13.5. The van der Waals surface area contributed by atoms with Crippen molar-refractivity contribution in [3.63, 3.8) is 0 Å². The second kappa shape index (κ2) is 13.4. The molecule has 0 saturated heterocycles. The molecule has 2 fully saturated rings. The Morgan fingerprint density at radius 3 is 2.10 bits per heavy atom. The maximum absolute atomic E-state index is 5.88. The maximum Gasteiger partial charge on any atom is 0.119 e. The molecule has 0 N–H and O–H groups in total. The van der Waals surface area contributed by atoms with Gasteiger partial charge in [0.15, 0.2) is 0 Å². The van der Waals surface area contributed by atoms with E-state index in [1.165, 1.54) is 102 Å². The van der Waals surface area contributed by atoms with Crippen LogP contribution in [0.5, 0.6) is 5.75 Å². The van der Waals surface area contributed by atoms with Gasteiger partial charge in [-0.3, -0.25) is 0 Å². The number of benzene rings is 1. The van der Waals surface area contributed by atoms with E-state index < -0.39 is 0 Å². The molecule has 170 valence electrons. The number of rotatable bonds is 12. The first kappa shape index (κ1) is 23.7. The molecule has 0 radical (unpaired) electrons. The largest absolute Gasteiger partial charge is 0.494 e. The van der Waals surface area contributed by atoms with Gasteiger partial charge in [0.25, 0.3) is 0 Å². The van der Waals surface area contributed by atoms with Gasteiger partial charge in [-0.05, 0) is 60.6 Å². The summed E-state index contributed by atoms with van der Waals surface area (Å²) >= 11 is 0. The average Bonchev–Trinajstić information content (AvgIpc) is 2.79. The Balaban J connectivity index is 1.51. The Morgan fingerprint density at radius 1 is 0.800 bits per heavy atom. The van der Waals surface area contributed by atoms with Crippen LogP contribution in [0.1, 0.15) is 116 Å². The second-order valence-electron chi connectivity index (χ2n) is 10.5. The minimum absolute atomic E-state index is 0.848. The van der Waals surface area contributed by atoms with E-state index in [1.807, 2.05) is 0 Å². The van der Waals surface area contributed by atoms with Crippen LogP contribution in [-0.4, -0.2) is 6.61 Å². The van der Waals surface area contributed by atoms with Gasteiger partial charge in [-0.2, -0.15) is 0 Å². The van der Waals surface area contributed by atoms with E-state index in [1.54, 1.807) is 0 Å². The van der Waals surface area contributed by atoms with Crippen LogP contribution in [0.4, 0.5) is 0 Å². The van der Waals surface area contributed by atoms with Gasteiger partial charge in [-0.1, -0.05) is 109 Å². The smallest absolute Gasteiger partial charge is 0.119 e. The normalized spacial score (nSPS) is 23.9. The summed E-state index contributed by atoms with van der Waals surface area (Å²) in [5.74, 6) is 4.96. The van der Waals surface area contributed by atoms with Crippen molar-refractivity contribution >= 4 is 0 Å². The highest BCUT2D eigenvalue weighted by Crippen LogP contribution is 2.39. The minimum atomic E-state index is 0.848. The van der Waals surface area contributed by atoms with Gasteiger partial charge in [0.05, 0.1) is 6.61 Å². The third-order valence-electron chi connectivity index (χ3n) is 8.11. The highest BCUT2D eigenvalue weighted by molar-refractivity contribution is 5.27. The van der Waals surface area contributed by atoms with Crippen LogP contribution in [0.15, 0.2) is 24.3 Å². The zero-order chi connectivity index (χ0) is 21.0. The van der Waals surface area contributed by atoms with Crippen molar-refractivity contribution in [2.45, 2.75) is 117 Å². The van der Waals surface area contributed by atoms with Crippen LogP contribution in [0.2, 0.25) is 0 Å². The summed E-state index contributed by atoms with van der Waals surface area (Å²) in [6.07, 6.45) is 22.8. The lowest BCUT2D eigenvalue weighted by molar-refractivity contribution is 0.197. The number of hydrogen-bond acceptors (Lipinski definition) is 1. The maximum atomic E-state index is 5.88. The Labute approximate surface area is 187 Å². The Morgan fingerprint density at radius 2 is 1.47 bits per heavy atom. The van der Waals surface area contributed by atoms with Gasteiger partial charge in [0.2, 0.25) is 0 Å². The Kier molecular flexibility index (Phi) is 10.6. The summed E-state index contributed by atoms with van der Waals surface area (Å²) in [5, 5.41) is 0. The Hall–Kier alpha value is -0.980. The Bertz CT molecular complexity index is 548. The molecular weight excluding hydrogens is 364 g/mol. The molecule has 2 aliphatic carbocycles. The molecule has 30 heavy (non-hydrogen) atoms. The average molecular weight is 413 g/mol. The first-order chi connectivity index (χ1) is 14.8. The molecule has 1 aromatic carbocycles. The highest BCUT2D eigenvalue weighted by Gasteiger charge is 2.26.